The Labute approximate surface area is 191 Å². The molecule has 2 aromatic carbocycles. The Balaban J connectivity index is 1.70. The molecule has 158 valence electrons. The van der Waals surface area contributed by atoms with Gasteiger partial charge in [-0.25, -0.2) is 0 Å². The third-order valence-corrected chi connectivity index (χ3v) is 6.28. The number of carbonyl (C=O) groups excluding carboxylic acids is 1. The molecule has 1 aliphatic heterocycles. The molecule has 0 unspecified atom stereocenters. The summed E-state index contributed by atoms with van der Waals surface area (Å²) in [6.07, 6.45) is 3.52. The number of hydrogen-bond acceptors (Lipinski definition) is 5. The van der Waals surface area contributed by atoms with Crippen LogP contribution in [0.5, 0.6) is 0 Å². The van der Waals surface area contributed by atoms with Crippen LogP contribution in [0.4, 0.5) is 5.69 Å². The first kappa shape index (κ1) is 21.4. The number of thioether (sulfide) groups is 1. The van der Waals surface area contributed by atoms with E-state index in [0.717, 1.165) is 21.9 Å². The lowest BCUT2D eigenvalue weighted by molar-refractivity contribution is -0.113. The average Bonchev–Trinajstić information content (AvgIpc) is 2.84. The summed E-state index contributed by atoms with van der Waals surface area (Å²) in [4.78, 5) is 17.4. The third kappa shape index (κ3) is 4.74. The standard InChI is InChI=1S/C26H22N4OS/c1-18-23(25(31)30-21-10-6-3-7-11-21)24(20-8-4-2-5-9-20)22(16-27)26(29-18)32-17-19-12-14-28-15-13-19/h2-15,24,29H,17H2,1H3,(H,30,31)/t24-/m0/s1. The van der Waals surface area contributed by atoms with Gasteiger partial charge in [0, 0.05) is 35.1 Å². The summed E-state index contributed by atoms with van der Waals surface area (Å²) in [6.45, 7) is 1.89. The number of rotatable bonds is 6. The fourth-order valence-corrected chi connectivity index (χ4v) is 4.71. The molecule has 0 saturated heterocycles. The van der Waals surface area contributed by atoms with E-state index in [4.69, 9.17) is 0 Å². The molecule has 2 heterocycles. The van der Waals surface area contributed by atoms with E-state index < -0.39 is 5.92 Å². The predicted molar refractivity (Wildman–Crippen MR) is 128 cm³/mol. The number of nitrogens with zero attached hydrogens (tertiary/aromatic N) is 2. The van der Waals surface area contributed by atoms with Gasteiger partial charge in [0.15, 0.2) is 0 Å². The number of pyridine rings is 1. The minimum Gasteiger partial charge on any atom is -0.353 e. The highest BCUT2D eigenvalue weighted by molar-refractivity contribution is 8.02. The molecule has 0 radical (unpaired) electrons. The summed E-state index contributed by atoms with van der Waals surface area (Å²) < 4.78 is 0. The van der Waals surface area contributed by atoms with E-state index in [-0.39, 0.29) is 5.91 Å². The molecule has 4 rings (SSSR count). The van der Waals surface area contributed by atoms with Crippen molar-refractivity contribution < 1.29 is 4.79 Å². The van der Waals surface area contributed by atoms with Gasteiger partial charge in [0.05, 0.1) is 22.6 Å². The van der Waals surface area contributed by atoms with Crippen molar-refractivity contribution in [3.05, 3.63) is 118 Å². The molecule has 1 amide bonds. The van der Waals surface area contributed by atoms with Crippen LogP contribution in [0.1, 0.15) is 24.0 Å². The van der Waals surface area contributed by atoms with Gasteiger partial charge in [0.25, 0.3) is 5.91 Å². The molecule has 2 N–H and O–H groups in total. The van der Waals surface area contributed by atoms with E-state index >= 15 is 0 Å². The van der Waals surface area contributed by atoms with Gasteiger partial charge in [0.1, 0.15) is 0 Å². The number of amides is 1. The number of allylic oxidation sites excluding steroid dienone is 2. The highest BCUT2D eigenvalue weighted by Crippen LogP contribution is 2.41. The van der Waals surface area contributed by atoms with Gasteiger partial charge < -0.3 is 10.6 Å². The Morgan fingerprint density at radius 1 is 1.06 bits per heavy atom. The number of carbonyl (C=O) groups is 1. The molecule has 5 nitrogen and oxygen atoms in total. The van der Waals surface area contributed by atoms with Gasteiger partial charge in [-0.05, 0) is 42.3 Å². The molecular formula is C26H22N4OS. The highest BCUT2D eigenvalue weighted by atomic mass is 32.2. The fraction of sp³-hybridized carbons (Fsp3) is 0.115. The molecule has 0 aliphatic carbocycles. The van der Waals surface area contributed by atoms with Crippen molar-refractivity contribution in [2.45, 2.75) is 18.6 Å². The second-order valence-corrected chi connectivity index (χ2v) is 8.31. The molecule has 3 aromatic rings. The third-order valence-electron chi connectivity index (χ3n) is 5.19. The number of nitriles is 1. The number of para-hydroxylation sites is 1. The molecular weight excluding hydrogens is 416 g/mol. The number of benzene rings is 2. The Kier molecular flexibility index (Phi) is 6.69. The maximum Gasteiger partial charge on any atom is 0.254 e. The van der Waals surface area contributed by atoms with Gasteiger partial charge in [-0.3, -0.25) is 9.78 Å². The molecule has 0 saturated carbocycles. The van der Waals surface area contributed by atoms with Crippen molar-refractivity contribution in [1.29, 1.82) is 5.26 Å². The van der Waals surface area contributed by atoms with Crippen molar-refractivity contribution >= 4 is 23.4 Å². The van der Waals surface area contributed by atoms with Crippen LogP contribution >= 0.6 is 11.8 Å². The van der Waals surface area contributed by atoms with Gasteiger partial charge in [0.2, 0.25) is 0 Å². The summed E-state index contributed by atoms with van der Waals surface area (Å²) in [6, 6.07) is 25.3. The van der Waals surface area contributed by atoms with Crippen LogP contribution in [0.2, 0.25) is 0 Å². The van der Waals surface area contributed by atoms with Crippen LogP contribution in [-0.4, -0.2) is 10.9 Å². The SMILES string of the molecule is CC1=C(C(=O)Nc2ccccc2)[C@@H](c2ccccc2)C(C#N)=C(SCc2ccncc2)N1. The molecule has 32 heavy (non-hydrogen) atoms. The van der Waals surface area contributed by atoms with Crippen molar-refractivity contribution in [3.8, 4) is 6.07 Å². The first-order valence-corrected chi connectivity index (χ1v) is 11.2. The van der Waals surface area contributed by atoms with Gasteiger partial charge in [-0.1, -0.05) is 48.5 Å². The number of aromatic nitrogens is 1. The average molecular weight is 439 g/mol. The van der Waals surface area contributed by atoms with Crippen molar-refractivity contribution in [2.24, 2.45) is 0 Å². The van der Waals surface area contributed by atoms with Crippen LogP contribution in [0.25, 0.3) is 0 Å². The monoisotopic (exact) mass is 438 g/mol. The molecule has 1 aliphatic rings. The van der Waals surface area contributed by atoms with Crippen LogP contribution in [0, 0.1) is 11.3 Å². The van der Waals surface area contributed by atoms with Crippen LogP contribution < -0.4 is 10.6 Å². The Morgan fingerprint density at radius 3 is 2.38 bits per heavy atom. The maximum atomic E-state index is 13.4. The molecule has 1 aromatic heterocycles. The number of anilines is 1. The van der Waals surface area contributed by atoms with Crippen molar-refractivity contribution in [2.75, 3.05) is 5.32 Å². The van der Waals surface area contributed by atoms with Gasteiger partial charge in [-0.2, -0.15) is 5.26 Å². The highest BCUT2D eigenvalue weighted by Gasteiger charge is 2.34. The quantitative estimate of drug-likeness (QED) is 0.542. The normalized spacial score (nSPS) is 15.7. The van der Waals surface area contributed by atoms with Crippen molar-refractivity contribution in [3.63, 3.8) is 0 Å². The smallest absolute Gasteiger partial charge is 0.254 e. The first-order chi connectivity index (χ1) is 15.7. The largest absolute Gasteiger partial charge is 0.353 e. The minimum atomic E-state index is -0.453. The second kappa shape index (κ2) is 9.99. The first-order valence-electron chi connectivity index (χ1n) is 10.2. The second-order valence-electron chi connectivity index (χ2n) is 7.33. The zero-order valence-corrected chi connectivity index (χ0v) is 18.4. The number of nitrogens with one attached hydrogen (secondary N) is 2. The molecule has 6 heteroatoms. The molecule has 0 bridgehead atoms. The van der Waals surface area contributed by atoms with Crippen LogP contribution in [0.3, 0.4) is 0 Å². The van der Waals surface area contributed by atoms with E-state index in [1.807, 2.05) is 79.7 Å². The Bertz CT molecular complexity index is 1200. The summed E-state index contributed by atoms with van der Waals surface area (Å²) in [5.41, 5.74) is 4.56. The zero-order valence-electron chi connectivity index (χ0n) is 17.6. The summed E-state index contributed by atoms with van der Waals surface area (Å²) >= 11 is 1.56. The number of dihydropyridines is 1. The predicted octanol–water partition coefficient (Wildman–Crippen LogP) is 5.35. The molecule has 1 atom stereocenters. The lowest BCUT2D eigenvalue weighted by Gasteiger charge is -2.30. The van der Waals surface area contributed by atoms with E-state index in [0.29, 0.717) is 22.6 Å². The Morgan fingerprint density at radius 2 is 1.72 bits per heavy atom. The van der Waals surface area contributed by atoms with Gasteiger partial charge in [-0.15, -0.1) is 11.8 Å². The van der Waals surface area contributed by atoms with Crippen LogP contribution in [-0.2, 0) is 10.5 Å². The lowest BCUT2D eigenvalue weighted by atomic mass is 9.82. The molecule has 0 spiro atoms. The summed E-state index contributed by atoms with van der Waals surface area (Å²) in [7, 11) is 0. The fourth-order valence-electron chi connectivity index (χ4n) is 3.66. The van der Waals surface area contributed by atoms with E-state index in [9.17, 15) is 10.1 Å². The minimum absolute atomic E-state index is 0.221. The zero-order chi connectivity index (χ0) is 22.3. The van der Waals surface area contributed by atoms with E-state index in [2.05, 4.69) is 21.7 Å². The van der Waals surface area contributed by atoms with E-state index in [1.165, 1.54) is 0 Å². The van der Waals surface area contributed by atoms with Crippen molar-refractivity contribution in [1.82, 2.24) is 10.3 Å². The van der Waals surface area contributed by atoms with E-state index in [1.54, 1.807) is 24.2 Å². The van der Waals surface area contributed by atoms with Gasteiger partial charge >= 0.3 is 0 Å². The molecule has 0 fully saturated rings. The lowest BCUT2D eigenvalue weighted by Crippen LogP contribution is -2.30. The van der Waals surface area contributed by atoms with Crippen LogP contribution in [0.15, 0.2) is 107 Å². The number of hydrogen-bond donors (Lipinski definition) is 2. The topological polar surface area (TPSA) is 77.8 Å². The maximum absolute atomic E-state index is 13.4. The Hall–Kier alpha value is -3.82. The summed E-state index contributed by atoms with van der Waals surface area (Å²) in [5.74, 6) is 0.0168. The summed E-state index contributed by atoms with van der Waals surface area (Å²) in [5, 5.41) is 17.2.